The molecule has 0 aromatic carbocycles. The predicted molar refractivity (Wildman–Crippen MR) is 71.1 cm³/mol. The van der Waals surface area contributed by atoms with Gasteiger partial charge in [0.1, 0.15) is 0 Å². The molecular formula is C14H27NNa2O4. The first-order valence-corrected chi connectivity index (χ1v) is 7.09. The van der Waals surface area contributed by atoms with Gasteiger partial charge >= 0.3 is 59.1 Å². The molecule has 0 aromatic heterocycles. The summed E-state index contributed by atoms with van der Waals surface area (Å²) in [5.74, 6) is -2.01. The van der Waals surface area contributed by atoms with E-state index in [1.807, 2.05) is 0 Å². The van der Waals surface area contributed by atoms with Crippen LogP contribution in [0.4, 0.5) is 0 Å². The van der Waals surface area contributed by atoms with Gasteiger partial charge in [-0.1, -0.05) is 46.0 Å². The topological polar surface area (TPSA) is 92.3 Å². The molecule has 0 saturated heterocycles. The molecule has 0 aromatic rings. The average molecular weight is 319 g/mol. The van der Waals surface area contributed by atoms with Crippen LogP contribution < -0.4 is 74.6 Å². The van der Waals surface area contributed by atoms with E-state index < -0.39 is 18.0 Å². The van der Waals surface area contributed by atoms with Crippen LogP contribution in [0.5, 0.6) is 0 Å². The molecule has 0 heterocycles. The second-order valence-electron chi connectivity index (χ2n) is 4.49. The summed E-state index contributed by atoms with van der Waals surface area (Å²) in [5, 5.41) is 22.5. The Morgan fingerprint density at radius 2 is 1.38 bits per heavy atom. The largest absolute Gasteiger partial charge is 1.00 e. The third-order valence-corrected chi connectivity index (χ3v) is 2.62. The van der Waals surface area contributed by atoms with Gasteiger partial charge in [-0.25, -0.2) is 0 Å². The van der Waals surface area contributed by atoms with Crippen molar-refractivity contribution in [2.75, 3.05) is 6.54 Å². The molecule has 0 spiro atoms. The SMILES string of the molecule is CCC(=O)[O-].CCCCCCCCNC(C)C(=O)[O-].[Na+].[Na+]. The van der Waals surface area contributed by atoms with Crippen LogP contribution in [0.3, 0.4) is 0 Å². The summed E-state index contributed by atoms with van der Waals surface area (Å²) in [6.07, 6.45) is 7.48. The van der Waals surface area contributed by atoms with E-state index in [1.165, 1.54) is 39.0 Å². The third kappa shape index (κ3) is 29.5. The Bertz CT molecular complexity index is 241. The van der Waals surface area contributed by atoms with Crippen LogP contribution in [-0.4, -0.2) is 24.5 Å². The summed E-state index contributed by atoms with van der Waals surface area (Å²) in [6.45, 7) is 6.13. The van der Waals surface area contributed by atoms with E-state index in [-0.39, 0.29) is 65.5 Å². The van der Waals surface area contributed by atoms with E-state index in [9.17, 15) is 19.8 Å². The summed E-state index contributed by atoms with van der Waals surface area (Å²) in [4.78, 5) is 19.6. The van der Waals surface area contributed by atoms with Crippen molar-refractivity contribution in [2.45, 2.75) is 71.8 Å². The zero-order chi connectivity index (χ0) is 15.1. The van der Waals surface area contributed by atoms with Gasteiger partial charge in [0.15, 0.2) is 0 Å². The number of rotatable bonds is 10. The minimum absolute atomic E-state index is 0. The molecule has 114 valence electrons. The fraction of sp³-hybridized carbons (Fsp3) is 0.857. The van der Waals surface area contributed by atoms with E-state index in [2.05, 4.69) is 12.2 Å². The molecule has 0 aliphatic carbocycles. The molecule has 0 amide bonds. The minimum atomic E-state index is -1.02. The molecule has 1 atom stereocenters. The second kappa shape index (κ2) is 23.2. The van der Waals surface area contributed by atoms with E-state index in [4.69, 9.17) is 0 Å². The smallest absolute Gasteiger partial charge is 0.550 e. The molecule has 5 nitrogen and oxygen atoms in total. The maximum Gasteiger partial charge on any atom is 1.00 e. The van der Waals surface area contributed by atoms with Gasteiger partial charge in [0.2, 0.25) is 0 Å². The summed E-state index contributed by atoms with van der Waals surface area (Å²) >= 11 is 0. The van der Waals surface area contributed by atoms with Gasteiger partial charge in [-0.3, -0.25) is 0 Å². The van der Waals surface area contributed by atoms with Crippen molar-refractivity contribution in [3.05, 3.63) is 0 Å². The fourth-order valence-corrected chi connectivity index (χ4v) is 1.31. The van der Waals surface area contributed by atoms with Crippen molar-refractivity contribution in [1.29, 1.82) is 0 Å². The predicted octanol–water partition coefficient (Wildman–Crippen LogP) is -5.77. The number of unbranched alkanes of at least 4 members (excludes halogenated alkanes) is 5. The molecule has 7 heteroatoms. The van der Waals surface area contributed by atoms with E-state index >= 15 is 0 Å². The Morgan fingerprint density at radius 3 is 1.76 bits per heavy atom. The first-order valence-electron chi connectivity index (χ1n) is 7.09. The Balaban J connectivity index is -0.000000179. The van der Waals surface area contributed by atoms with E-state index in [1.54, 1.807) is 6.92 Å². The second-order valence-corrected chi connectivity index (χ2v) is 4.49. The van der Waals surface area contributed by atoms with Gasteiger partial charge in [0.25, 0.3) is 0 Å². The number of carboxylic acids is 2. The number of nitrogens with one attached hydrogen (secondary N) is 1. The quantitative estimate of drug-likeness (QED) is 0.320. The van der Waals surface area contributed by atoms with Crippen LogP contribution in [0.2, 0.25) is 0 Å². The van der Waals surface area contributed by atoms with Crippen molar-refractivity contribution in [3.8, 4) is 0 Å². The van der Waals surface area contributed by atoms with E-state index in [0.717, 1.165) is 13.0 Å². The first-order chi connectivity index (χ1) is 8.95. The van der Waals surface area contributed by atoms with Crippen molar-refractivity contribution >= 4 is 11.9 Å². The monoisotopic (exact) mass is 319 g/mol. The number of hydrogen-bond acceptors (Lipinski definition) is 5. The van der Waals surface area contributed by atoms with Crippen LogP contribution in [-0.2, 0) is 9.59 Å². The zero-order valence-electron chi connectivity index (χ0n) is 14.4. The minimum Gasteiger partial charge on any atom is -0.550 e. The number of carboxylic acid groups (broad SMARTS) is 2. The third-order valence-electron chi connectivity index (χ3n) is 2.62. The van der Waals surface area contributed by atoms with Gasteiger partial charge in [0, 0.05) is 12.0 Å². The molecule has 1 unspecified atom stereocenters. The summed E-state index contributed by atoms with van der Waals surface area (Å²) in [7, 11) is 0. The standard InChI is InChI=1S/C11H23NO2.C3H6O2.2Na/c1-3-4-5-6-7-8-9-12-10(2)11(13)14;1-2-3(4)5;;/h10,12H,3-9H2,1-2H3,(H,13,14);2H2,1H3,(H,4,5);;/q;;2*+1/p-2. The van der Waals surface area contributed by atoms with Crippen LogP contribution in [0.15, 0.2) is 0 Å². The van der Waals surface area contributed by atoms with Gasteiger partial charge in [-0.15, -0.1) is 0 Å². The fourth-order valence-electron chi connectivity index (χ4n) is 1.31. The molecule has 21 heavy (non-hydrogen) atoms. The molecule has 0 aliphatic heterocycles. The first kappa shape index (κ1) is 29.9. The summed E-state index contributed by atoms with van der Waals surface area (Å²) in [6, 6.07) is -0.523. The Morgan fingerprint density at radius 1 is 0.952 bits per heavy atom. The van der Waals surface area contributed by atoms with Crippen molar-refractivity contribution in [2.24, 2.45) is 0 Å². The Hall–Kier alpha value is 0.900. The van der Waals surface area contributed by atoms with Gasteiger partial charge in [-0.05, 0) is 26.3 Å². The van der Waals surface area contributed by atoms with Crippen LogP contribution in [0, 0.1) is 0 Å². The normalized spacial score (nSPS) is 10.2. The molecule has 0 rings (SSSR count). The van der Waals surface area contributed by atoms with Gasteiger partial charge in [0.05, 0.1) is 5.97 Å². The van der Waals surface area contributed by atoms with Gasteiger partial charge in [-0.2, -0.15) is 0 Å². The van der Waals surface area contributed by atoms with Gasteiger partial charge < -0.3 is 25.1 Å². The number of aliphatic carboxylic acids is 2. The number of carbonyl (C=O) groups is 2. The molecule has 0 bridgehead atoms. The summed E-state index contributed by atoms with van der Waals surface area (Å²) < 4.78 is 0. The van der Waals surface area contributed by atoms with Crippen molar-refractivity contribution in [1.82, 2.24) is 5.32 Å². The Labute approximate surface area is 173 Å². The number of carbonyl (C=O) groups excluding carboxylic acids is 2. The van der Waals surface area contributed by atoms with E-state index in [0.29, 0.717) is 0 Å². The van der Waals surface area contributed by atoms with Crippen LogP contribution >= 0.6 is 0 Å². The van der Waals surface area contributed by atoms with Crippen LogP contribution in [0.25, 0.3) is 0 Å². The molecular weight excluding hydrogens is 292 g/mol. The van der Waals surface area contributed by atoms with Crippen molar-refractivity contribution < 1.29 is 78.9 Å². The molecule has 0 fully saturated rings. The molecule has 0 saturated carbocycles. The Kier molecular flexibility index (Phi) is 32.9. The maximum atomic E-state index is 10.3. The van der Waals surface area contributed by atoms with Crippen LogP contribution in [0.1, 0.15) is 65.7 Å². The van der Waals surface area contributed by atoms with Crippen molar-refractivity contribution in [3.63, 3.8) is 0 Å². The maximum absolute atomic E-state index is 10.3. The molecule has 0 radical (unpaired) electrons. The number of hydrogen-bond donors (Lipinski definition) is 1. The molecule has 1 N–H and O–H groups in total. The molecule has 0 aliphatic rings. The average Bonchev–Trinajstić information content (AvgIpc) is 2.38. The zero-order valence-corrected chi connectivity index (χ0v) is 18.4. The summed E-state index contributed by atoms with van der Waals surface area (Å²) in [5.41, 5.74) is 0.